The predicted molar refractivity (Wildman–Crippen MR) is 153 cm³/mol. The molecule has 3 aromatic carbocycles. The molecule has 1 amide bonds. The van der Waals surface area contributed by atoms with Crippen LogP contribution >= 0.6 is 11.6 Å². The molecule has 0 spiro atoms. The van der Waals surface area contributed by atoms with Gasteiger partial charge >= 0.3 is 6.18 Å². The van der Waals surface area contributed by atoms with Crippen LogP contribution in [-0.2, 0) is 19.8 Å². The smallest absolute Gasteiger partial charge is 0.419 e. The SMILES string of the molecule is CC(C)C(=O)c1ccc(OC(COc2ccccc2C(F)(F)F)c2ccc(CNC(=O)c3cn(C)cn3)cc2Cl)cc1O. The van der Waals surface area contributed by atoms with E-state index in [9.17, 15) is 27.9 Å². The van der Waals surface area contributed by atoms with Crippen LogP contribution in [0.4, 0.5) is 13.2 Å². The average molecular weight is 616 g/mol. The molecule has 0 aliphatic heterocycles. The maximum Gasteiger partial charge on any atom is 0.419 e. The summed E-state index contributed by atoms with van der Waals surface area (Å²) in [6.45, 7) is 3.16. The number of aromatic hydroxyl groups is 1. The minimum Gasteiger partial charge on any atom is -0.507 e. The van der Waals surface area contributed by atoms with Gasteiger partial charge in [-0.3, -0.25) is 9.59 Å². The van der Waals surface area contributed by atoms with Crippen molar-refractivity contribution in [2.45, 2.75) is 32.7 Å². The van der Waals surface area contributed by atoms with Gasteiger partial charge in [-0.2, -0.15) is 13.2 Å². The molecule has 0 bridgehead atoms. The van der Waals surface area contributed by atoms with Crippen molar-refractivity contribution < 1.29 is 37.3 Å². The number of carbonyl (C=O) groups is 2. The fourth-order valence-electron chi connectivity index (χ4n) is 4.19. The fraction of sp³-hybridized carbons (Fsp3) is 0.258. The number of amides is 1. The largest absolute Gasteiger partial charge is 0.507 e. The molecule has 1 aromatic heterocycles. The van der Waals surface area contributed by atoms with Gasteiger partial charge in [-0.15, -0.1) is 0 Å². The summed E-state index contributed by atoms with van der Waals surface area (Å²) in [5.74, 6) is -1.55. The first kappa shape index (κ1) is 31.4. The van der Waals surface area contributed by atoms with Crippen molar-refractivity contribution in [1.82, 2.24) is 14.9 Å². The van der Waals surface area contributed by atoms with Crippen LogP contribution in [0.1, 0.15) is 57.5 Å². The van der Waals surface area contributed by atoms with Crippen molar-refractivity contribution in [3.63, 3.8) is 0 Å². The molecule has 1 heterocycles. The normalized spacial score (nSPS) is 12.2. The number of phenols is 1. The highest BCUT2D eigenvalue weighted by atomic mass is 35.5. The van der Waals surface area contributed by atoms with Gasteiger partial charge in [-0.25, -0.2) is 4.98 Å². The number of Topliss-reactive ketones (excluding diaryl/α,β-unsaturated/α-hetero) is 1. The number of benzene rings is 3. The Morgan fingerprint density at radius 3 is 2.47 bits per heavy atom. The van der Waals surface area contributed by atoms with Gasteiger partial charge in [-0.1, -0.05) is 49.7 Å². The third kappa shape index (κ3) is 7.86. The topological polar surface area (TPSA) is 103 Å². The van der Waals surface area contributed by atoms with Crippen molar-refractivity contribution in [2.75, 3.05) is 6.61 Å². The summed E-state index contributed by atoms with van der Waals surface area (Å²) in [5, 5.41) is 13.4. The number of nitrogens with one attached hydrogen (secondary N) is 1. The Labute approximate surface area is 251 Å². The van der Waals surface area contributed by atoms with E-state index in [2.05, 4.69) is 10.3 Å². The van der Waals surface area contributed by atoms with E-state index < -0.39 is 23.6 Å². The molecule has 1 atom stereocenters. The van der Waals surface area contributed by atoms with E-state index in [0.29, 0.717) is 11.1 Å². The maximum absolute atomic E-state index is 13.6. The zero-order valence-electron chi connectivity index (χ0n) is 23.5. The zero-order valence-corrected chi connectivity index (χ0v) is 24.2. The van der Waals surface area contributed by atoms with E-state index in [-0.39, 0.29) is 58.5 Å². The Hall–Kier alpha value is -4.51. The molecule has 0 saturated carbocycles. The second kappa shape index (κ2) is 13.2. The fourth-order valence-corrected chi connectivity index (χ4v) is 4.52. The Balaban J connectivity index is 1.59. The lowest BCUT2D eigenvalue weighted by molar-refractivity contribution is -0.139. The van der Waals surface area contributed by atoms with Crippen molar-refractivity contribution >= 4 is 23.3 Å². The number of aryl methyl sites for hydroxylation is 1. The average Bonchev–Trinajstić information content (AvgIpc) is 3.40. The first-order valence-electron chi connectivity index (χ1n) is 13.2. The van der Waals surface area contributed by atoms with Gasteiger partial charge in [0.1, 0.15) is 29.5 Å². The van der Waals surface area contributed by atoms with Gasteiger partial charge in [0.05, 0.1) is 17.5 Å². The molecule has 1 unspecified atom stereocenters. The highest BCUT2D eigenvalue weighted by molar-refractivity contribution is 6.31. The van der Waals surface area contributed by atoms with Gasteiger partial charge in [0, 0.05) is 42.4 Å². The first-order chi connectivity index (χ1) is 20.3. The molecule has 4 rings (SSSR count). The van der Waals surface area contributed by atoms with Gasteiger partial charge in [0.25, 0.3) is 5.91 Å². The lowest BCUT2D eigenvalue weighted by atomic mass is 10.00. The van der Waals surface area contributed by atoms with Gasteiger partial charge in [-0.05, 0) is 35.9 Å². The molecule has 0 fully saturated rings. The highest BCUT2D eigenvalue weighted by Crippen LogP contribution is 2.37. The Bertz CT molecular complexity index is 1620. The third-order valence-electron chi connectivity index (χ3n) is 6.42. The Morgan fingerprint density at radius 1 is 1.09 bits per heavy atom. The molecule has 226 valence electrons. The Morgan fingerprint density at radius 2 is 1.84 bits per heavy atom. The lowest BCUT2D eigenvalue weighted by Crippen LogP contribution is -2.23. The number of hydrogen-bond donors (Lipinski definition) is 2. The zero-order chi connectivity index (χ0) is 31.3. The number of para-hydroxylation sites is 1. The number of halogens is 4. The van der Waals surface area contributed by atoms with Gasteiger partial charge in [0.15, 0.2) is 11.9 Å². The Kier molecular flexibility index (Phi) is 9.65. The van der Waals surface area contributed by atoms with Crippen LogP contribution < -0.4 is 14.8 Å². The summed E-state index contributed by atoms with van der Waals surface area (Å²) >= 11 is 6.61. The summed E-state index contributed by atoms with van der Waals surface area (Å²) < 4.78 is 54.0. The summed E-state index contributed by atoms with van der Waals surface area (Å²) in [7, 11) is 1.74. The number of alkyl halides is 3. The van der Waals surface area contributed by atoms with Crippen LogP contribution in [0.3, 0.4) is 0 Å². The van der Waals surface area contributed by atoms with Crippen molar-refractivity contribution in [2.24, 2.45) is 13.0 Å². The maximum atomic E-state index is 13.6. The van der Waals surface area contributed by atoms with E-state index in [0.717, 1.165) is 6.07 Å². The standard InChI is InChI=1S/C31H29ClF3N3O5/c1-18(2)29(40)22-11-9-20(13-26(22)39)43-28(16-42-27-7-5-4-6-23(27)31(33,34)35)21-10-8-19(12-24(21)32)14-36-30(41)25-15-38(3)17-37-25/h4-13,15,17-18,28,39H,14,16H2,1-3H3,(H,36,41). The van der Waals surface area contributed by atoms with Crippen LogP contribution in [0.25, 0.3) is 0 Å². The number of phenolic OH excluding ortho intramolecular Hbond substituents is 1. The lowest BCUT2D eigenvalue weighted by Gasteiger charge is -2.23. The van der Waals surface area contributed by atoms with Crippen molar-refractivity contribution in [3.8, 4) is 17.2 Å². The first-order valence-corrected chi connectivity index (χ1v) is 13.6. The predicted octanol–water partition coefficient (Wildman–Crippen LogP) is 6.77. The van der Waals surface area contributed by atoms with Crippen LogP contribution in [0.15, 0.2) is 73.2 Å². The number of rotatable bonds is 11. The molecule has 4 aromatic rings. The highest BCUT2D eigenvalue weighted by Gasteiger charge is 2.34. The second-order valence-corrected chi connectivity index (χ2v) is 10.5. The van der Waals surface area contributed by atoms with Crippen LogP contribution in [0, 0.1) is 5.92 Å². The van der Waals surface area contributed by atoms with E-state index >= 15 is 0 Å². The number of nitrogens with zero attached hydrogens (tertiary/aromatic N) is 2. The number of ether oxygens (including phenoxy) is 2. The van der Waals surface area contributed by atoms with E-state index in [4.69, 9.17) is 21.1 Å². The molecule has 0 aliphatic rings. The van der Waals surface area contributed by atoms with E-state index in [1.165, 1.54) is 42.7 Å². The second-order valence-electron chi connectivity index (χ2n) is 10.1. The van der Waals surface area contributed by atoms with Crippen molar-refractivity contribution in [3.05, 3.63) is 106 Å². The molecule has 43 heavy (non-hydrogen) atoms. The van der Waals surface area contributed by atoms with E-state index in [1.54, 1.807) is 49.9 Å². The molecule has 2 N–H and O–H groups in total. The van der Waals surface area contributed by atoms with Crippen molar-refractivity contribution in [1.29, 1.82) is 0 Å². The summed E-state index contributed by atoms with van der Waals surface area (Å²) in [6.07, 6.45) is -2.59. The molecular weight excluding hydrogens is 587 g/mol. The summed E-state index contributed by atoms with van der Waals surface area (Å²) in [5.41, 5.74) is 0.443. The number of ketones is 1. The summed E-state index contributed by atoms with van der Waals surface area (Å²) in [6, 6.07) is 13.8. The summed E-state index contributed by atoms with van der Waals surface area (Å²) in [4.78, 5) is 28.8. The molecule has 0 radical (unpaired) electrons. The monoisotopic (exact) mass is 615 g/mol. The number of hydrogen-bond acceptors (Lipinski definition) is 6. The molecular formula is C31H29ClF3N3O5. The molecule has 0 saturated heterocycles. The van der Waals surface area contributed by atoms with Crippen LogP contribution in [0.2, 0.25) is 5.02 Å². The minimum absolute atomic E-state index is 0.115. The number of aromatic nitrogens is 2. The molecule has 12 heteroatoms. The van der Waals surface area contributed by atoms with Gasteiger partial charge in [0.2, 0.25) is 0 Å². The van der Waals surface area contributed by atoms with Gasteiger partial charge < -0.3 is 24.5 Å². The van der Waals surface area contributed by atoms with Crippen LogP contribution in [0.5, 0.6) is 17.2 Å². The molecule has 8 nitrogen and oxygen atoms in total. The van der Waals surface area contributed by atoms with E-state index in [1.807, 2.05) is 0 Å². The quantitative estimate of drug-likeness (QED) is 0.181. The number of imidazole rings is 1. The number of carbonyl (C=O) groups excluding carboxylic acids is 2. The molecule has 0 aliphatic carbocycles. The third-order valence-corrected chi connectivity index (χ3v) is 6.75. The van der Waals surface area contributed by atoms with Crippen LogP contribution in [-0.4, -0.2) is 33.0 Å². The minimum atomic E-state index is -4.64.